The summed E-state index contributed by atoms with van der Waals surface area (Å²) >= 11 is 0. The maximum atomic E-state index is 12.1. The second-order valence-electron chi connectivity index (χ2n) is 5.80. The first-order valence-electron chi connectivity index (χ1n) is 7.86. The minimum absolute atomic E-state index is 0.398. The van der Waals surface area contributed by atoms with E-state index in [9.17, 15) is 4.79 Å². The van der Waals surface area contributed by atoms with Gasteiger partial charge in [-0.25, -0.2) is 9.78 Å². The van der Waals surface area contributed by atoms with E-state index in [0.29, 0.717) is 11.4 Å². The molecule has 25 heavy (non-hydrogen) atoms. The summed E-state index contributed by atoms with van der Waals surface area (Å²) in [7, 11) is 5.06. The molecule has 2 heterocycles. The predicted molar refractivity (Wildman–Crippen MR) is 98.6 cm³/mol. The van der Waals surface area contributed by atoms with E-state index < -0.39 is 5.97 Å². The van der Waals surface area contributed by atoms with Crippen molar-refractivity contribution in [1.29, 1.82) is 0 Å². The van der Waals surface area contributed by atoms with Crippen molar-refractivity contribution in [1.82, 2.24) is 9.97 Å². The molecule has 2 aromatic heterocycles. The molecule has 0 saturated heterocycles. The number of aromatic nitrogens is 2. The number of benzene rings is 1. The molecule has 5 heteroatoms. The number of carbonyl (C=O) groups is 1. The van der Waals surface area contributed by atoms with E-state index in [1.165, 1.54) is 7.11 Å². The van der Waals surface area contributed by atoms with E-state index in [-0.39, 0.29) is 0 Å². The zero-order valence-electron chi connectivity index (χ0n) is 14.4. The van der Waals surface area contributed by atoms with Crippen molar-refractivity contribution in [3.8, 4) is 22.3 Å². The van der Waals surface area contributed by atoms with E-state index >= 15 is 0 Å². The molecule has 0 saturated carbocycles. The molecule has 0 aliphatic rings. The monoisotopic (exact) mass is 333 g/mol. The second-order valence-corrected chi connectivity index (χ2v) is 5.80. The maximum Gasteiger partial charge on any atom is 0.341 e. The Labute approximate surface area is 146 Å². The number of hydrogen-bond donors (Lipinski definition) is 0. The zero-order valence-corrected chi connectivity index (χ0v) is 14.4. The third-order valence-corrected chi connectivity index (χ3v) is 3.91. The van der Waals surface area contributed by atoms with Crippen LogP contribution in [0.3, 0.4) is 0 Å². The molecule has 1 aromatic carbocycles. The summed E-state index contributed by atoms with van der Waals surface area (Å²) in [4.78, 5) is 22.4. The lowest BCUT2D eigenvalue weighted by Gasteiger charge is -2.16. The van der Waals surface area contributed by atoms with Crippen LogP contribution >= 0.6 is 0 Å². The Balaban J connectivity index is 1.98. The SMILES string of the molecule is COC(=O)c1cc(-c2ccc(-c3cccnc3)cc2)cnc1N(C)C. The normalized spacial score (nSPS) is 10.4. The first-order valence-corrected chi connectivity index (χ1v) is 7.86. The summed E-state index contributed by atoms with van der Waals surface area (Å²) in [5, 5.41) is 0. The topological polar surface area (TPSA) is 55.3 Å². The van der Waals surface area contributed by atoms with Crippen LogP contribution in [0.4, 0.5) is 5.82 Å². The van der Waals surface area contributed by atoms with Crippen LogP contribution in [0.5, 0.6) is 0 Å². The Kier molecular flexibility index (Phi) is 4.75. The molecular weight excluding hydrogens is 314 g/mol. The molecule has 0 aliphatic heterocycles. The third-order valence-electron chi connectivity index (χ3n) is 3.91. The van der Waals surface area contributed by atoms with Crippen LogP contribution < -0.4 is 4.90 Å². The van der Waals surface area contributed by atoms with Gasteiger partial charge in [0.1, 0.15) is 11.4 Å². The number of ether oxygens (including phenoxy) is 1. The summed E-state index contributed by atoms with van der Waals surface area (Å²) in [6.45, 7) is 0. The Hall–Kier alpha value is -3.21. The fourth-order valence-electron chi connectivity index (χ4n) is 2.62. The minimum Gasteiger partial charge on any atom is -0.465 e. The molecule has 126 valence electrons. The number of pyridine rings is 2. The molecule has 0 fully saturated rings. The maximum absolute atomic E-state index is 12.1. The lowest BCUT2D eigenvalue weighted by atomic mass is 10.0. The standard InChI is InChI=1S/C20H19N3O2/c1-23(2)19-18(20(24)25-3)11-17(13-22-19)15-8-6-14(7-9-15)16-5-4-10-21-12-16/h4-13H,1-3H3. The highest BCUT2D eigenvalue weighted by Crippen LogP contribution is 2.27. The highest BCUT2D eigenvalue weighted by Gasteiger charge is 2.16. The van der Waals surface area contributed by atoms with Gasteiger partial charge in [0.05, 0.1) is 7.11 Å². The Morgan fingerprint density at radius 1 is 0.960 bits per heavy atom. The smallest absolute Gasteiger partial charge is 0.341 e. The van der Waals surface area contributed by atoms with Gasteiger partial charge in [0.15, 0.2) is 0 Å². The number of rotatable bonds is 4. The molecule has 3 rings (SSSR count). The summed E-state index contributed by atoms with van der Waals surface area (Å²) in [5.41, 5.74) is 4.44. The summed E-state index contributed by atoms with van der Waals surface area (Å²) in [5.74, 6) is 0.188. The quantitative estimate of drug-likeness (QED) is 0.682. The van der Waals surface area contributed by atoms with Crippen LogP contribution in [0.1, 0.15) is 10.4 Å². The largest absolute Gasteiger partial charge is 0.465 e. The summed E-state index contributed by atoms with van der Waals surface area (Å²) in [6, 6.07) is 13.8. The van der Waals surface area contributed by atoms with E-state index in [2.05, 4.69) is 9.97 Å². The van der Waals surface area contributed by atoms with Gasteiger partial charge in [-0.2, -0.15) is 0 Å². The van der Waals surface area contributed by atoms with Gasteiger partial charge in [-0.15, -0.1) is 0 Å². The third kappa shape index (κ3) is 3.50. The number of methoxy groups -OCH3 is 1. The van der Waals surface area contributed by atoms with Crippen molar-refractivity contribution in [2.45, 2.75) is 0 Å². The number of nitrogens with zero attached hydrogens (tertiary/aromatic N) is 3. The van der Waals surface area contributed by atoms with E-state index in [0.717, 1.165) is 22.3 Å². The minimum atomic E-state index is -0.398. The fourth-order valence-corrected chi connectivity index (χ4v) is 2.62. The van der Waals surface area contributed by atoms with Gasteiger partial charge in [-0.3, -0.25) is 4.98 Å². The molecule has 0 amide bonds. The Morgan fingerprint density at radius 2 is 1.64 bits per heavy atom. The van der Waals surface area contributed by atoms with Crippen LogP contribution in [-0.4, -0.2) is 37.1 Å². The van der Waals surface area contributed by atoms with Crippen molar-refractivity contribution in [2.24, 2.45) is 0 Å². The predicted octanol–water partition coefficient (Wildman–Crippen LogP) is 3.66. The van der Waals surface area contributed by atoms with Crippen LogP contribution in [0.2, 0.25) is 0 Å². The van der Waals surface area contributed by atoms with Crippen LogP contribution in [0.15, 0.2) is 61.1 Å². The number of anilines is 1. The van der Waals surface area contributed by atoms with Crippen molar-refractivity contribution in [2.75, 3.05) is 26.1 Å². The van der Waals surface area contributed by atoms with Crippen LogP contribution in [0, 0.1) is 0 Å². The van der Waals surface area contributed by atoms with Gasteiger partial charge in [0.25, 0.3) is 0 Å². The lowest BCUT2D eigenvalue weighted by molar-refractivity contribution is 0.0601. The van der Waals surface area contributed by atoms with Gasteiger partial charge in [0.2, 0.25) is 0 Å². The first kappa shape index (κ1) is 16.6. The van der Waals surface area contributed by atoms with Gasteiger partial charge in [0, 0.05) is 38.2 Å². The summed E-state index contributed by atoms with van der Waals surface area (Å²) < 4.78 is 4.88. The van der Waals surface area contributed by atoms with Gasteiger partial charge in [-0.05, 0) is 28.8 Å². The Bertz CT molecular complexity index is 875. The average molecular weight is 333 g/mol. The van der Waals surface area contributed by atoms with Crippen LogP contribution in [0.25, 0.3) is 22.3 Å². The molecular formula is C20H19N3O2. The molecule has 5 nitrogen and oxygen atoms in total. The molecule has 0 atom stereocenters. The number of hydrogen-bond acceptors (Lipinski definition) is 5. The molecule has 0 spiro atoms. The van der Waals surface area contributed by atoms with Crippen molar-refractivity contribution in [3.63, 3.8) is 0 Å². The highest BCUT2D eigenvalue weighted by atomic mass is 16.5. The number of esters is 1. The van der Waals surface area contributed by atoms with Gasteiger partial charge >= 0.3 is 5.97 Å². The van der Waals surface area contributed by atoms with E-state index in [4.69, 9.17) is 4.74 Å². The van der Waals surface area contributed by atoms with Gasteiger partial charge < -0.3 is 9.64 Å². The first-order chi connectivity index (χ1) is 12.1. The second kappa shape index (κ2) is 7.13. The molecule has 0 bridgehead atoms. The average Bonchev–Trinajstić information content (AvgIpc) is 2.67. The number of carbonyl (C=O) groups excluding carboxylic acids is 1. The fraction of sp³-hybridized carbons (Fsp3) is 0.150. The lowest BCUT2D eigenvalue weighted by Crippen LogP contribution is -2.16. The molecule has 3 aromatic rings. The van der Waals surface area contributed by atoms with E-state index in [1.54, 1.807) is 17.3 Å². The highest BCUT2D eigenvalue weighted by molar-refractivity contribution is 5.96. The van der Waals surface area contributed by atoms with Crippen molar-refractivity contribution >= 4 is 11.8 Å². The molecule has 0 N–H and O–H groups in total. The van der Waals surface area contributed by atoms with Gasteiger partial charge in [-0.1, -0.05) is 30.3 Å². The summed E-state index contributed by atoms with van der Waals surface area (Å²) in [6.07, 6.45) is 5.35. The molecule has 0 unspecified atom stereocenters. The van der Waals surface area contributed by atoms with Crippen LogP contribution in [-0.2, 0) is 4.74 Å². The molecule has 0 aliphatic carbocycles. The zero-order chi connectivity index (χ0) is 17.8. The van der Waals surface area contributed by atoms with Crippen molar-refractivity contribution < 1.29 is 9.53 Å². The van der Waals surface area contributed by atoms with Crippen molar-refractivity contribution in [3.05, 3.63) is 66.6 Å². The van der Waals surface area contributed by atoms with E-state index in [1.807, 2.05) is 62.8 Å². The Morgan fingerprint density at radius 3 is 2.20 bits per heavy atom. The molecule has 0 radical (unpaired) electrons.